The quantitative estimate of drug-likeness (QED) is 0.842. The van der Waals surface area contributed by atoms with Crippen LogP contribution in [0.4, 0.5) is 5.82 Å². The van der Waals surface area contributed by atoms with Gasteiger partial charge in [-0.1, -0.05) is 28.1 Å². The molecule has 0 aliphatic heterocycles. The lowest BCUT2D eigenvalue weighted by atomic mass is 10.1. The van der Waals surface area contributed by atoms with Crippen LogP contribution in [0, 0.1) is 0 Å². The van der Waals surface area contributed by atoms with Crippen molar-refractivity contribution < 1.29 is 8.42 Å². The van der Waals surface area contributed by atoms with Crippen molar-refractivity contribution in [1.29, 1.82) is 0 Å². The van der Waals surface area contributed by atoms with E-state index in [0.717, 1.165) is 10.0 Å². The predicted molar refractivity (Wildman–Crippen MR) is 85.2 cm³/mol. The van der Waals surface area contributed by atoms with Crippen LogP contribution in [0.3, 0.4) is 0 Å². The van der Waals surface area contributed by atoms with Gasteiger partial charge < -0.3 is 5.73 Å². The summed E-state index contributed by atoms with van der Waals surface area (Å²) in [6.07, 6.45) is 1.44. The molecule has 8 heteroatoms. The Morgan fingerprint density at radius 1 is 1.38 bits per heavy atom. The van der Waals surface area contributed by atoms with Gasteiger partial charge in [0, 0.05) is 23.3 Å². The second-order valence-corrected chi connectivity index (χ2v) is 7.23. The van der Waals surface area contributed by atoms with Gasteiger partial charge >= 0.3 is 0 Å². The summed E-state index contributed by atoms with van der Waals surface area (Å²) in [6.45, 7) is 4.20. The number of nitrogen functional groups attached to an aromatic ring is 1. The molecule has 0 amide bonds. The van der Waals surface area contributed by atoms with E-state index in [2.05, 4.69) is 25.8 Å². The molecule has 0 spiro atoms. The van der Waals surface area contributed by atoms with E-state index in [1.807, 2.05) is 31.2 Å². The monoisotopic (exact) mass is 372 g/mol. The molecular weight excluding hydrogens is 356 g/mol. The largest absolute Gasteiger partial charge is 0.381 e. The Morgan fingerprint density at radius 3 is 2.52 bits per heavy atom. The van der Waals surface area contributed by atoms with Crippen molar-refractivity contribution in [3.63, 3.8) is 0 Å². The van der Waals surface area contributed by atoms with Crippen molar-refractivity contribution in [1.82, 2.24) is 14.5 Å². The number of benzene rings is 1. The van der Waals surface area contributed by atoms with Gasteiger partial charge in [0.1, 0.15) is 4.90 Å². The smallest absolute Gasteiger partial charge is 0.246 e. The average Bonchev–Trinajstić information content (AvgIpc) is 2.81. The second kappa shape index (κ2) is 6.17. The first-order chi connectivity index (χ1) is 9.83. The summed E-state index contributed by atoms with van der Waals surface area (Å²) >= 11 is 3.35. The predicted octanol–water partition coefficient (Wildman–Crippen LogP) is 2.29. The number of aryl methyl sites for hydroxylation is 1. The molecule has 21 heavy (non-hydrogen) atoms. The number of sulfonamides is 1. The van der Waals surface area contributed by atoms with Crippen LogP contribution >= 0.6 is 15.9 Å². The van der Waals surface area contributed by atoms with Gasteiger partial charge in [0.2, 0.25) is 10.0 Å². The first kappa shape index (κ1) is 16.0. The highest BCUT2D eigenvalue weighted by molar-refractivity contribution is 9.10. The zero-order valence-electron chi connectivity index (χ0n) is 11.7. The van der Waals surface area contributed by atoms with Crippen LogP contribution in [0.1, 0.15) is 25.5 Å². The van der Waals surface area contributed by atoms with Crippen molar-refractivity contribution in [3.05, 3.63) is 40.5 Å². The summed E-state index contributed by atoms with van der Waals surface area (Å²) in [5.41, 5.74) is 6.54. The molecule has 0 aliphatic rings. The Morgan fingerprint density at radius 2 is 2.00 bits per heavy atom. The van der Waals surface area contributed by atoms with E-state index in [0.29, 0.717) is 6.54 Å². The van der Waals surface area contributed by atoms with Crippen LogP contribution < -0.4 is 10.5 Å². The standard InChI is InChI=1S/C13H17BrN4O2S/c1-3-18-8-12(13(15)16-18)21(19,20)17-9(2)10-4-6-11(14)7-5-10/h4-9,17H,3H2,1-2H3,(H2,15,16)/t9-/m1/s1. The fraction of sp³-hybridized carbons (Fsp3) is 0.308. The van der Waals surface area contributed by atoms with Crippen molar-refractivity contribution in [2.75, 3.05) is 5.73 Å². The number of nitrogens with zero attached hydrogens (tertiary/aromatic N) is 2. The molecule has 3 N–H and O–H groups in total. The van der Waals surface area contributed by atoms with Crippen LogP contribution in [-0.4, -0.2) is 18.2 Å². The molecule has 0 saturated carbocycles. The molecule has 2 rings (SSSR count). The second-order valence-electron chi connectivity index (χ2n) is 4.63. The number of hydrogen-bond acceptors (Lipinski definition) is 4. The Bertz CT molecular complexity index is 725. The number of anilines is 1. The minimum absolute atomic E-state index is 0.00681. The molecule has 1 heterocycles. The first-order valence-electron chi connectivity index (χ1n) is 6.44. The summed E-state index contributed by atoms with van der Waals surface area (Å²) in [7, 11) is -3.71. The lowest BCUT2D eigenvalue weighted by Gasteiger charge is -2.14. The van der Waals surface area contributed by atoms with Crippen molar-refractivity contribution in [2.45, 2.75) is 31.3 Å². The van der Waals surface area contributed by atoms with E-state index >= 15 is 0 Å². The molecule has 2 aromatic rings. The third-order valence-electron chi connectivity index (χ3n) is 3.07. The van der Waals surface area contributed by atoms with E-state index in [1.165, 1.54) is 10.9 Å². The molecule has 0 fully saturated rings. The third kappa shape index (κ3) is 3.63. The molecule has 114 valence electrons. The van der Waals surface area contributed by atoms with Crippen LogP contribution in [0.25, 0.3) is 0 Å². The number of nitrogens with one attached hydrogen (secondary N) is 1. The number of halogens is 1. The normalized spacial score (nSPS) is 13.3. The molecule has 0 aliphatic carbocycles. The van der Waals surface area contributed by atoms with E-state index in [-0.39, 0.29) is 16.8 Å². The highest BCUT2D eigenvalue weighted by Gasteiger charge is 2.23. The molecule has 0 radical (unpaired) electrons. The molecule has 6 nitrogen and oxygen atoms in total. The highest BCUT2D eigenvalue weighted by Crippen LogP contribution is 2.21. The van der Waals surface area contributed by atoms with Crippen molar-refractivity contribution in [3.8, 4) is 0 Å². The van der Waals surface area contributed by atoms with E-state index in [4.69, 9.17) is 5.73 Å². The topological polar surface area (TPSA) is 90.0 Å². The molecule has 1 aromatic carbocycles. The van der Waals surface area contributed by atoms with Gasteiger partial charge in [-0.25, -0.2) is 13.1 Å². The summed E-state index contributed by atoms with van der Waals surface area (Å²) < 4.78 is 29.8. The molecule has 0 unspecified atom stereocenters. The average molecular weight is 373 g/mol. The number of hydrogen-bond donors (Lipinski definition) is 2. The molecule has 0 bridgehead atoms. The Hall–Kier alpha value is -1.38. The maximum atomic E-state index is 12.4. The van der Waals surface area contributed by atoms with Crippen molar-refractivity contribution in [2.24, 2.45) is 0 Å². The van der Waals surface area contributed by atoms with Gasteiger partial charge in [0.15, 0.2) is 5.82 Å². The summed E-state index contributed by atoms with van der Waals surface area (Å²) in [5.74, 6) is 0.00681. The summed E-state index contributed by atoms with van der Waals surface area (Å²) in [4.78, 5) is 0.00770. The van der Waals surface area contributed by atoms with Gasteiger partial charge in [-0.3, -0.25) is 4.68 Å². The molecule has 1 atom stereocenters. The van der Waals surface area contributed by atoms with Crippen LogP contribution in [0.5, 0.6) is 0 Å². The maximum Gasteiger partial charge on any atom is 0.246 e. The van der Waals surface area contributed by atoms with Gasteiger partial charge in [-0.15, -0.1) is 0 Å². The lowest BCUT2D eigenvalue weighted by Crippen LogP contribution is -2.27. The van der Waals surface area contributed by atoms with Crippen LogP contribution in [0.15, 0.2) is 39.8 Å². The van der Waals surface area contributed by atoms with E-state index in [9.17, 15) is 8.42 Å². The third-order valence-corrected chi connectivity index (χ3v) is 5.16. The first-order valence-corrected chi connectivity index (χ1v) is 8.72. The van der Waals surface area contributed by atoms with Gasteiger partial charge in [0.25, 0.3) is 0 Å². The molecule has 1 aromatic heterocycles. The summed E-state index contributed by atoms with van der Waals surface area (Å²) in [6, 6.07) is 7.08. The lowest BCUT2D eigenvalue weighted by molar-refractivity contribution is 0.566. The molecular formula is C13H17BrN4O2S. The van der Waals surface area contributed by atoms with Crippen LogP contribution in [-0.2, 0) is 16.6 Å². The minimum atomic E-state index is -3.71. The number of aromatic nitrogens is 2. The van der Waals surface area contributed by atoms with E-state index in [1.54, 1.807) is 6.92 Å². The van der Waals surface area contributed by atoms with Gasteiger partial charge in [0.05, 0.1) is 0 Å². The fourth-order valence-corrected chi connectivity index (χ4v) is 3.47. The SMILES string of the molecule is CCn1cc(S(=O)(=O)N[C@H](C)c2ccc(Br)cc2)c(N)n1. The zero-order valence-corrected chi connectivity index (χ0v) is 14.1. The fourth-order valence-electron chi connectivity index (χ4n) is 1.90. The van der Waals surface area contributed by atoms with Gasteiger partial charge in [-0.05, 0) is 31.5 Å². The van der Waals surface area contributed by atoms with E-state index < -0.39 is 10.0 Å². The minimum Gasteiger partial charge on any atom is -0.381 e. The number of nitrogens with two attached hydrogens (primary N) is 1. The van der Waals surface area contributed by atoms with Crippen LogP contribution in [0.2, 0.25) is 0 Å². The Balaban J connectivity index is 2.24. The Kier molecular flexibility index (Phi) is 4.70. The molecule has 0 saturated heterocycles. The van der Waals surface area contributed by atoms with Crippen molar-refractivity contribution >= 4 is 31.8 Å². The van der Waals surface area contributed by atoms with Gasteiger partial charge in [-0.2, -0.15) is 5.10 Å². The highest BCUT2D eigenvalue weighted by atomic mass is 79.9. The summed E-state index contributed by atoms with van der Waals surface area (Å²) in [5, 5.41) is 3.96. The zero-order chi connectivity index (χ0) is 15.6. The maximum absolute atomic E-state index is 12.4. The number of rotatable bonds is 5. The Labute approximate surface area is 132 Å².